The molecular formula is C14H19N3O. The topological polar surface area (TPSA) is 53.1 Å². The van der Waals surface area contributed by atoms with E-state index in [1.807, 2.05) is 30.8 Å². The second-order valence-electron chi connectivity index (χ2n) is 4.36. The Bertz CT molecular complexity index is 573. The molecule has 0 fully saturated rings. The zero-order valence-corrected chi connectivity index (χ0v) is 11.3. The largest absolute Gasteiger partial charge is 0.496 e. The van der Waals surface area contributed by atoms with E-state index in [0.29, 0.717) is 5.82 Å². The van der Waals surface area contributed by atoms with Gasteiger partial charge < -0.3 is 10.5 Å². The van der Waals surface area contributed by atoms with Crippen molar-refractivity contribution in [2.75, 3.05) is 12.8 Å². The summed E-state index contributed by atoms with van der Waals surface area (Å²) in [5.41, 5.74) is 10.2. The van der Waals surface area contributed by atoms with Crippen molar-refractivity contribution in [3.63, 3.8) is 0 Å². The van der Waals surface area contributed by atoms with Gasteiger partial charge in [-0.3, -0.25) is 4.68 Å². The number of rotatable bonds is 3. The molecule has 1 aromatic heterocycles. The Kier molecular flexibility index (Phi) is 3.28. The van der Waals surface area contributed by atoms with Crippen molar-refractivity contribution in [2.24, 2.45) is 7.05 Å². The molecule has 2 aromatic rings. The molecule has 18 heavy (non-hydrogen) atoms. The quantitative estimate of drug-likeness (QED) is 0.904. The minimum atomic E-state index is 0.585. The van der Waals surface area contributed by atoms with Crippen molar-refractivity contribution >= 4 is 5.82 Å². The van der Waals surface area contributed by atoms with Gasteiger partial charge >= 0.3 is 0 Å². The first-order valence-electron chi connectivity index (χ1n) is 6.04. The molecule has 0 amide bonds. The maximum atomic E-state index is 5.85. The van der Waals surface area contributed by atoms with Gasteiger partial charge in [0.15, 0.2) is 0 Å². The van der Waals surface area contributed by atoms with Gasteiger partial charge in [0.2, 0.25) is 0 Å². The fraction of sp³-hybridized carbons (Fsp3) is 0.357. The molecule has 96 valence electrons. The number of nitrogen functional groups attached to an aromatic ring is 1. The lowest BCUT2D eigenvalue weighted by atomic mass is 10.0. The Morgan fingerprint density at radius 1 is 1.39 bits per heavy atom. The lowest BCUT2D eigenvalue weighted by Crippen LogP contribution is -1.97. The Hall–Kier alpha value is -1.97. The Labute approximate surface area is 107 Å². The molecule has 4 heteroatoms. The number of aryl methyl sites for hydroxylation is 2. The van der Waals surface area contributed by atoms with Gasteiger partial charge in [0.05, 0.1) is 12.8 Å². The fourth-order valence-corrected chi connectivity index (χ4v) is 2.26. The molecule has 2 N–H and O–H groups in total. The van der Waals surface area contributed by atoms with E-state index in [2.05, 4.69) is 18.1 Å². The highest BCUT2D eigenvalue weighted by molar-refractivity contribution is 5.69. The lowest BCUT2D eigenvalue weighted by Gasteiger charge is -2.10. The number of nitrogens with zero attached hydrogens (tertiary/aromatic N) is 2. The molecule has 0 aliphatic heterocycles. The Morgan fingerprint density at radius 3 is 2.61 bits per heavy atom. The molecule has 4 nitrogen and oxygen atoms in total. The van der Waals surface area contributed by atoms with Gasteiger partial charge in [-0.15, -0.1) is 0 Å². The van der Waals surface area contributed by atoms with Crippen LogP contribution in [0.25, 0.3) is 11.3 Å². The third-order valence-electron chi connectivity index (χ3n) is 3.26. The van der Waals surface area contributed by atoms with Gasteiger partial charge in [0.25, 0.3) is 0 Å². The molecule has 0 radical (unpaired) electrons. The zero-order chi connectivity index (χ0) is 13.3. The van der Waals surface area contributed by atoms with Crippen LogP contribution in [0.2, 0.25) is 0 Å². The van der Waals surface area contributed by atoms with Crippen LogP contribution < -0.4 is 10.5 Å². The number of benzene rings is 1. The fourth-order valence-electron chi connectivity index (χ4n) is 2.26. The summed E-state index contributed by atoms with van der Waals surface area (Å²) in [6.07, 6.45) is 0.934. The van der Waals surface area contributed by atoms with Crippen molar-refractivity contribution < 1.29 is 4.74 Å². The third kappa shape index (κ3) is 1.94. The summed E-state index contributed by atoms with van der Waals surface area (Å²) in [6, 6.07) is 6.18. The summed E-state index contributed by atoms with van der Waals surface area (Å²) in [7, 11) is 3.61. The number of hydrogen-bond acceptors (Lipinski definition) is 3. The zero-order valence-electron chi connectivity index (χ0n) is 11.3. The van der Waals surface area contributed by atoms with Crippen LogP contribution in [0.1, 0.15) is 18.1 Å². The second-order valence-corrected chi connectivity index (χ2v) is 4.36. The van der Waals surface area contributed by atoms with E-state index in [1.54, 1.807) is 7.11 Å². The maximum absolute atomic E-state index is 5.85. The molecule has 0 saturated carbocycles. The van der Waals surface area contributed by atoms with Crippen LogP contribution in [-0.2, 0) is 13.5 Å². The van der Waals surface area contributed by atoms with Crippen LogP contribution in [0.4, 0.5) is 5.82 Å². The molecule has 1 aromatic carbocycles. The van der Waals surface area contributed by atoms with Gasteiger partial charge in [0.1, 0.15) is 11.6 Å². The summed E-state index contributed by atoms with van der Waals surface area (Å²) in [6.45, 7) is 4.11. The number of ether oxygens (including phenoxy) is 1. The van der Waals surface area contributed by atoms with E-state index in [9.17, 15) is 0 Å². The first-order valence-corrected chi connectivity index (χ1v) is 6.04. The summed E-state index contributed by atoms with van der Waals surface area (Å²) in [5.74, 6) is 1.51. The average molecular weight is 245 g/mol. The van der Waals surface area contributed by atoms with Crippen LogP contribution in [-0.4, -0.2) is 16.9 Å². The molecule has 0 aliphatic carbocycles. The van der Waals surface area contributed by atoms with Gasteiger partial charge in [-0.05, 0) is 37.1 Å². The summed E-state index contributed by atoms with van der Waals surface area (Å²) >= 11 is 0. The van der Waals surface area contributed by atoms with Crippen LogP contribution in [0.3, 0.4) is 0 Å². The average Bonchev–Trinajstić information content (AvgIpc) is 2.62. The van der Waals surface area contributed by atoms with Crippen LogP contribution >= 0.6 is 0 Å². The van der Waals surface area contributed by atoms with E-state index in [4.69, 9.17) is 10.5 Å². The van der Waals surface area contributed by atoms with Crippen molar-refractivity contribution in [3.8, 4) is 17.0 Å². The summed E-state index contributed by atoms with van der Waals surface area (Å²) < 4.78 is 7.17. The van der Waals surface area contributed by atoms with Gasteiger partial charge in [0, 0.05) is 18.2 Å². The smallest absolute Gasteiger partial charge is 0.148 e. The van der Waals surface area contributed by atoms with Crippen molar-refractivity contribution in [2.45, 2.75) is 20.3 Å². The van der Waals surface area contributed by atoms with Gasteiger partial charge in [-0.25, -0.2) is 0 Å². The minimum Gasteiger partial charge on any atom is -0.496 e. The van der Waals surface area contributed by atoms with Gasteiger partial charge in [-0.2, -0.15) is 5.10 Å². The minimum absolute atomic E-state index is 0.585. The Balaban J connectivity index is 2.58. The normalized spacial score (nSPS) is 10.7. The van der Waals surface area contributed by atoms with Crippen molar-refractivity contribution in [1.82, 2.24) is 9.78 Å². The highest BCUT2D eigenvalue weighted by Crippen LogP contribution is 2.30. The second kappa shape index (κ2) is 4.72. The van der Waals surface area contributed by atoms with Gasteiger partial charge in [-0.1, -0.05) is 6.92 Å². The number of anilines is 1. The summed E-state index contributed by atoms with van der Waals surface area (Å²) in [5, 5.41) is 4.25. The highest BCUT2D eigenvalue weighted by atomic mass is 16.5. The molecule has 0 atom stereocenters. The predicted molar refractivity (Wildman–Crippen MR) is 73.7 cm³/mol. The third-order valence-corrected chi connectivity index (χ3v) is 3.26. The van der Waals surface area contributed by atoms with Crippen LogP contribution in [0, 0.1) is 6.92 Å². The molecule has 1 heterocycles. The molecule has 0 aliphatic rings. The standard InChI is InChI=1S/C14H19N3O/c1-5-10-8-11(6-7-12(10)18-4)13-9(2)14(15)16-17(13)3/h6-8H,5H2,1-4H3,(H2,15,16). The molecular weight excluding hydrogens is 226 g/mol. The number of methoxy groups -OCH3 is 1. The van der Waals surface area contributed by atoms with E-state index in [-0.39, 0.29) is 0 Å². The van der Waals surface area contributed by atoms with E-state index < -0.39 is 0 Å². The predicted octanol–water partition coefficient (Wildman–Crippen LogP) is 2.55. The lowest BCUT2D eigenvalue weighted by molar-refractivity contribution is 0.410. The van der Waals surface area contributed by atoms with Crippen molar-refractivity contribution in [1.29, 1.82) is 0 Å². The van der Waals surface area contributed by atoms with E-state index in [0.717, 1.165) is 29.0 Å². The Morgan fingerprint density at radius 2 is 2.11 bits per heavy atom. The van der Waals surface area contributed by atoms with Crippen LogP contribution in [0.15, 0.2) is 18.2 Å². The molecule has 2 rings (SSSR count). The number of nitrogens with two attached hydrogens (primary N) is 1. The molecule has 0 unspecified atom stereocenters. The first-order chi connectivity index (χ1) is 8.58. The monoisotopic (exact) mass is 245 g/mol. The number of hydrogen-bond donors (Lipinski definition) is 1. The first kappa shape index (κ1) is 12.5. The van der Waals surface area contributed by atoms with Crippen LogP contribution in [0.5, 0.6) is 5.75 Å². The highest BCUT2D eigenvalue weighted by Gasteiger charge is 2.13. The molecule has 0 bridgehead atoms. The summed E-state index contributed by atoms with van der Waals surface area (Å²) in [4.78, 5) is 0. The SMILES string of the molecule is CCc1cc(-c2c(C)c(N)nn2C)ccc1OC. The molecule has 0 saturated heterocycles. The molecule has 0 spiro atoms. The van der Waals surface area contributed by atoms with E-state index >= 15 is 0 Å². The number of aromatic nitrogens is 2. The maximum Gasteiger partial charge on any atom is 0.148 e. The van der Waals surface area contributed by atoms with E-state index in [1.165, 1.54) is 5.56 Å². The van der Waals surface area contributed by atoms with Crippen molar-refractivity contribution in [3.05, 3.63) is 29.3 Å².